The molecule has 0 aromatic heterocycles. The van der Waals surface area contributed by atoms with Crippen molar-refractivity contribution in [3.63, 3.8) is 0 Å². The summed E-state index contributed by atoms with van der Waals surface area (Å²) in [5, 5.41) is 3.22. The summed E-state index contributed by atoms with van der Waals surface area (Å²) < 4.78 is 0. The third-order valence-corrected chi connectivity index (χ3v) is 3.83. The fourth-order valence-corrected chi connectivity index (χ4v) is 2.26. The average molecular weight is 283 g/mol. The standard InChI is InChI=1S/C15H22N2O.ClH/c1-11-4-6-13(7-5-11)10-17(3)15(18)12(2)14-8-16-9-14;/h4-7,12,14,16H,8-10H2,1-3H3;1H. The van der Waals surface area contributed by atoms with Gasteiger partial charge in [0.2, 0.25) is 5.91 Å². The largest absolute Gasteiger partial charge is 0.341 e. The van der Waals surface area contributed by atoms with Gasteiger partial charge in [-0.2, -0.15) is 0 Å². The lowest BCUT2D eigenvalue weighted by molar-refractivity contribution is -0.136. The third-order valence-electron chi connectivity index (χ3n) is 3.83. The molecule has 2 rings (SSSR count). The highest BCUT2D eigenvalue weighted by Gasteiger charge is 2.30. The maximum absolute atomic E-state index is 12.2. The zero-order valence-corrected chi connectivity index (χ0v) is 12.7. The van der Waals surface area contributed by atoms with Gasteiger partial charge in [-0.3, -0.25) is 4.79 Å². The number of carbonyl (C=O) groups is 1. The second-order valence-corrected chi connectivity index (χ2v) is 5.39. The Morgan fingerprint density at radius 3 is 2.42 bits per heavy atom. The van der Waals surface area contributed by atoms with Gasteiger partial charge in [0.05, 0.1) is 0 Å². The minimum Gasteiger partial charge on any atom is -0.341 e. The molecule has 1 heterocycles. The molecular weight excluding hydrogens is 260 g/mol. The highest BCUT2D eigenvalue weighted by molar-refractivity contribution is 5.85. The van der Waals surface area contributed by atoms with E-state index >= 15 is 0 Å². The van der Waals surface area contributed by atoms with Crippen molar-refractivity contribution in [3.05, 3.63) is 35.4 Å². The molecule has 1 aliphatic heterocycles. The van der Waals surface area contributed by atoms with Crippen LogP contribution >= 0.6 is 12.4 Å². The summed E-state index contributed by atoms with van der Waals surface area (Å²) in [5.41, 5.74) is 2.44. The van der Waals surface area contributed by atoms with Crippen LogP contribution in [0.1, 0.15) is 18.1 Å². The van der Waals surface area contributed by atoms with Crippen LogP contribution in [-0.4, -0.2) is 30.9 Å². The van der Waals surface area contributed by atoms with Crippen LogP contribution in [0.3, 0.4) is 0 Å². The molecule has 1 amide bonds. The van der Waals surface area contributed by atoms with Gasteiger partial charge in [-0.1, -0.05) is 36.8 Å². The smallest absolute Gasteiger partial charge is 0.225 e. The van der Waals surface area contributed by atoms with Crippen molar-refractivity contribution in [2.75, 3.05) is 20.1 Å². The molecule has 1 aromatic carbocycles. The lowest BCUT2D eigenvalue weighted by Gasteiger charge is -2.34. The Hall–Kier alpha value is -1.06. The summed E-state index contributed by atoms with van der Waals surface area (Å²) in [6.45, 7) is 6.77. The van der Waals surface area contributed by atoms with Gasteiger partial charge in [0.15, 0.2) is 0 Å². The predicted octanol–water partition coefficient (Wildman–Crippen LogP) is 2.23. The summed E-state index contributed by atoms with van der Waals surface area (Å²) in [6, 6.07) is 8.36. The molecule has 1 saturated heterocycles. The SMILES string of the molecule is Cc1ccc(CN(C)C(=O)C(C)C2CNC2)cc1.Cl. The summed E-state index contributed by atoms with van der Waals surface area (Å²) >= 11 is 0. The van der Waals surface area contributed by atoms with Crippen LogP contribution in [0, 0.1) is 18.8 Å². The summed E-state index contributed by atoms with van der Waals surface area (Å²) in [4.78, 5) is 14.1. The molecule has 4 heteroatoms. The first-order valence-electron chi connectivity index (χ1n) is 6.59. The van der Waals surface area contributed by atoms with E-state index in [-0.39, 0.29) is 24.2 Å². The molecule has 1 atom stereocenters. The van der Waals surface area contributed by atoms with Crippen LogP contribution in [0.2, 0.25) is 0 Å². The fraction of sp³-hybridized carbons (Fsp3) is 0.533. The topological polar surface area (TPSA) is 32.3 Å². The molecule has 1 fully saturated rings. The Morgan fingerprint density at radius 1 is 1.37 bits per heavy atom. The van der Waals surface area contributed by atoms with E-state index in [4.69, 9.17) is 0 Å². The van der Waals surface area contributed by atoms with Gasteiger partial charge in [0, 0.05) is 19.5 Å². The van der Waals surface area contributed by atoms with E-state index in [1.54, 1.807) is 0 Å². The molecular formula is C15H23ClN2O. The molecule has 19 heavy (non-hydrogen) atoms. The van der Waals surface area contributed by atoms with E-state index in [0.717, 1.165) is 13.1 Å². The van der Waals surface area contributed by atoms with E-state index in [1.165, 1.54) is 11.1 Å². The molecule has 0 bridgehead atoms. The number of hydrogen-bond donors (Lipinski definition) is 1. The minimum atomic E-state index is 0. The third kappa shape index (κ3) is 3.95. The van der Waals surface area contributed by atoms with Crippen molar-refractivity contribution in [3.8, 4) is 0 Å². The van der Waals surface area contributed by atoms with Gasteiger partial charge >= 0.3 is 0 Å². The van der Waals surface area contributed by atoms with Gasteiger partial charge in [-0.25, -0.2) is 0 Å². The van der Waals surface area contributed by atoms with Crippen molar-refractivity contribution in [2.24, 2.45) is 11.8 Å². The first-order chi connectivity index (χ1) is 8.58. The molecule has 1 unspecified atom stereocenters. The van der Waals surface area contributed by atoms with Crippen molar-refractivity contribution >= 4 is 18.3 Å². The van der Waals surface area contributed by atoms with Gasteiger partial charge in [-0.15, -0.1) is 12.4 Å². The quantitative estimate of drug-likeness (QED) is 0.918. The second-order valence-electron chi connectivity index (χ2n) is 5.39. The van der Waals surface area contributed by atoms with E-state index in [2.05, 4.69) is 36.5 Å². The van der Waals surface area contributed by atoms with Gasteiger partial charge in [0.25, 0.3) is 0 Å². The number of amides is 1. The molecule has 3 nitrogen and oxygen atoms in total. The van der Waals surface area contributed by atoms with Crippen molar-refractivity contribution in [2.45, 2.75) is 20.4 Å². The number of rotatable bonds is 4. The van der Waals surface area contributed by atoms with Crippen LogP contribution in [0.4, 0.5) is 0 Å². The molecule has 0 radical (unpaired) electrons. The predicted molar refractivity (Wildman–Crippen MR) is 80.4 cm³/mol. The summed E-state index contributed by atoms with van der Waals surface area (Å²) in [5.74, 6) is 0.891. The van der Waals surface area contributed by atoms with Gasteiger partial charge < -0.3 is 10.2 Å². The lowest BCUT2D eigenvalue weighted by Crippen LogP contribution is -2.49. The molecule has 1 aliphatic rings. The highest BCUT2D eigenvalue weighted by Crippen LogP contribution is 2.19. The summed E-state index contributed by atoms with van der Waals surface area (Å²) in [7, 11) is 1.89. The van der Waals surface area contributed by atoms with E-state index in [1.807, 2.05) is 18.9 Å². The van der Waals surface area contributed by atoms with Crippen LogP contribution in [-0.2, 0) is 11.3 Å². The van der Waals surface area contributed by atoms with Crippen LogP contribution < -0.4 is 5.32 Å². The van der Waals surface area contributed by atoms with Crippen LogP contribution in [0.15, 0.2) is 24.3 Å². The number of benzene rings is 1. The number of nitrogens with one attached hydrogen (secondary N) is 1. The molecule has 0 spiro atoms. The maximum Gasteiger partial charge on any atom is 0.225 e. The molecule has 106 valence electrons. The van der Waals surface area contributed by atoms with E-state index < -0.39 is 0 Å². The number of hydrogen-bond acceptors (Lipinski definition) is 2. The summed E-state index contributed by atoms with van der Waals surface area (Å²) in [6.07, 6.45) is 0. The molecule has 0 aliphatic carbocycles. The van der Waals surface area contributed by atoms with E-state index in [9.17, 15) is 4.79 Å². The first kappa shape index (κ1) is 16.0. The van der Waals surface area contributed by atoms with Crippen molar-refractivity contribution in [1.29, 1.82) is 0 Å². The minimum absolute atomic E-state index is 0. The van der Waals surface area contributed by atoms with E-state index in [0.29, 0.717) is 12.5 Å². The Balaban J connectivity index is 0.00000180. The van der Waals surface area contributed by atoms with Gasteiger partial charge in [0.1, 0.15) is 0 Å². The second kappa shape index (κ2) is 6.92. The first-order valence-corrected chi connectivity index (χ1v) is 6.59. The number of halogens is 1. The Morgan fingerprint density at radius 2 is 1.95 bits per heavy atom. The monoisotopic (exact) mass is 282 g/mol. The number of carbonyl (C=O) groups excluding carboxylic acids is 1. The average Bonchev–Trinajstić information content (AvgIpc) is 2.28. The van der Waals surface area contributed by atoms with Crippen molar-refractivity contribution in [1.82, 2.24) is 10.2 Å². The zero-order valence-electron chi connectivity index (χ0n) is 11.8. The molecule has 1 N–H and O–H groups in total. The Labute approximate surface area is 121 Å². The zero-order chi connectivity index (χ0) is 13.1. The maximum atomic E-state index is 12.2. The number of aryl methyl sites for hydroxylation is 1. The highest BCUT2D eigenvalue weighted by atomic mass is 35.5. The van der Waals surface area contributed by atoms with Gasteiger partial charge in [-0.05, 0) is 31.5 Å². The normalized spacial score (nSPS) is 16.2. The molecule has 0 saturated carbocycles. The number of nitrogens with zero attached hydrogens (tertiary/aromatic N) is 1. The Kier molecular flexibility index (Phi) is 5.83. The Bertz CT molecular complexity index is 415. The van der Waals surface area contributed by atoms with Crippen molar-refractivity contribution < 1.29 is 4.79 Å². The van der Waals surface area contributed by atoms with Crippen LogP contribution in [0.25, 0.3) is 0 Å². The fourth-order valence-electron chi connectivity index (χ4n) is 2.26. The lowest BCUT2D eigenvalue weighted by atomic mass is 9.88. The molecule has 1 aromatic rings. The van der Waals surface area contributed by atoms with Crippen LogP contribution in [0.5, 0.6) is 0 Å².